The molecular formula is C18H15F3N4O2S. The Bertz CT molecular complexity index is 1020. The van der Waals surface area contributed by atoms with Gasteiger partial charge in [0.05, 0.1) is 15.4 Å². The molecule has 0 N–H and O–H groups in total. The third-order valence-corrected chi connectivity index (χ3v) is 5.09. The van der Waals surface area contributed by atoms with E-state index in [1.54, 1.807) is 11.5 Å². The van der Waals surface area contributed by atoms with Crippen LogP contribution < -0.4 is 0 Å². The highest BCUT2D eigenvalue weighted by Crippen LogP contribution is 2.39. The van der Waals surface area contributed by atoms with Gasteiger partial charge < -0.3 is 0 Å². The lowest BCUT2D eigenvalue weighted by atomic mass is 10.1. The van der Waals surface area contributed by atoms with Crippen LogP contribution in [0.25, 0.3) is 5.69 Å². The number of halogens is 3. The third-order valence-electron chi connectivity index (χ3n) is 4.08. The van der Waals surface area contributed by atoms with E-state index >= 15 is 0 Å². The minimum Gasteiger partial charge on any atom is -0.274 e. The quantitative estimate of drug-likeness (QED) is 0.428. The largest absolute Gasteiger partial charge is 0.416 e. The van der Waals surface area contributed by atoms with Crippen molar-refractivity contribution in [2.24, 2.45) is 0 Å². The van der Waals surface area contributed by atoms with Gasteiger partial charge in [0, 0.05) is 11.8 Å². The first-order valence-corrected chi connectivity index (χ1v) is 9.07. The van der Waals surface area contributed by atoms with Gasteiger partial charge in [0.2, 0.25) is 5.16 Å². The zero-order valence-electron chi connectivity index (χ0n) is 14.9. The number of alkyl halides is 3. The molecule has 0 unspecified atom stereocenters. The lowest BCUT2D eigenvalue weighted by molar-refractivity contribution is -0.388. The first-order chi connectivity index (χ1) is 13.2. The van der Waals surface area contributed by atoms with Gasteiger partial charge in [-0.2, -0.15) is 13.2 Å². The minimum atomic E-state index is -4.66. The molecule has 0 spiro atoms. The smallest absolute Gasteiger partial charge is 0.274 e. The highest BCUT2D eigenvalue weighted by atomic mass is 32.2. The second kappa shape index (κ2) is 7.63. The zero-order valence-corrected chi connectivity index (χ0v) is 15.7. The van der Waals surface area contributed by atoms with Gasteiger partial charge in [0.1, 0.15) is 5.82 Å². The molecule has 0 atom stereocenters. The first kappa shape index (κ1) is 19.9. The van der Waals surface area contributed by atoms with Gasteiger partial charge >= 0.3 is 6.18 Å². The van der Waals surface area contributed by atoms with Crippen molar-refractivity contribution in [2.45, 2.75) is 36.5 Å². The number of nitro benzene ring substituents is 1. The molecule has 0 radical (unpaired) electrons. The number of aromatic nitrogens is 3. The molecule has 10 heteroatoms. The van der Waals surface area contributed by atoms with Crippen LogP contribution in [0.5, 0.6) is 0 Å². The minimum absolute atomic E-state index is 0.0526. The maximum absolute atomic E-state index is 12.9. The number of nitro groups is 1. The molecule has 0 aliphatic rings. The average Bonchev–Trinajstić information content (AvgIpc) is 3.01. The van der Waals surface area contributed by atoms with Crippen LogP contribution in [0.3, 0.4) is 0 Å². The van der Waals surface area contributed by atoms with E-state index in [9.17, 15) is 23.3 Å². The van der Waals surface area contributed by atoms with Crippen molar-refractivity contribution in [3.05, 3.63) is 69.5 Å². The maximum Gasteiger partial charge on any atom is 0.416 e. The number of aryl methyl sites for hydroxylation is 2. The fraction of sp³-hybridized carbons (Fsp3) is 0.222. The standard InChI is InChI=1S/C18H15F3N4O2S/c1-3-12-4-7-14(8-5-12)24-11(2)22-23-17(24)28-16-9-6-13(18(19,20)21)10-15(16)25(26)27/h4-10H,3H2,1-2H3. The van der Waals surface area contributed by atoms with Crippen LogP contribution in [0.4, 0.5) is 18.9 Å². The van der Waals surface area contributed by atoms with Gasteiger partial charge in [-0.1, -0.05) is 19.1 Å². The van der Waals surface area contributed by atoms with Crippen LogP contribution in [-0.2, 0) is 12.6 Å². The van der Waals surface area contributed by atoms with Gasteiger partial charge in [0.25, 0.3) is 5.69 Å². The highest BCUT2D eigenvalue weighted by molar-refractivity contribution is 7.99. The van der Waals surface area contributed by atoms with Gasteiger partial charge in [-0.25, -0.2) is 0 Å². The normalized spacial score (nSPS) is 11.6. The Labute approximate surface area is 162 Å². The van der Waals surface area contributed by atoms with Crippen molar-refractivity contribution in [3.63, 3.8) is 0 Å². The molecule has 0 amide bonds. The van der Waals surface area contributed by atoms with E-state index in [4.69, 9.17) is 0 Å². The molecule has 1 heterocycles. The highest BCUT2D eigenvalue weighted by Gasteiger charge is 2.33. The Balaban J connectivity index is 2.02. The number of nitrogens with zero attached hydrogens (tertiary/aromatic N) is 4. The summed E-state index contributed by atoms with van der Waals surface area (Å²) in [6, 6.07) is 10.1. The first-order valence-electron chi connectivity index (χ1n) is 8.25. The molecule has 2 aromatic carbocycles. The lowest BCUT2D eigenvalue weighted by Gasteiger charge is -2.10. The van der Waals surface area contributed by atoms with Gasteiger partial charge in [-0.3, -0.25) is 14.7 Å². The van der Waals surface area contributed by atoms with E-state index in [0.717, 1.165) is 41.6 Å². The Morgan fingerprint density at radius 1 is 1.14 bits per heavy atom. The van der Waals surface area contributed by atoms with Crippen molar-refractivity contribution in [1.82, 2.24) is 14.8 Å². The molecule has 0 saturated carbocycles. The van der Waals surface area contributed by atoms with E-state index in [-0.39, 0.29) is 4.90 Å². The number of hydrogen-bond acceptors (Lipinski definition) is 5. The predicted molar refractivity (Wildman–Crippen MR) is 97.7 cm³/mol. The fourth-order valence-corrected chi connectivity index (χ4v) is 3.59. The van der Waals surface area contributed by atoms with Gasteiger partial charge in [-0.15, -0.1) is 10.2 Å². The predicted octanol–water partition coefficient (Wildman–Crippen LogP) is 5.22. The van der Waals surface area contributed by atoms with Crippen molar-refractivity contribution in [1.29, 1.82) is 0 Å². The summed E-state index contributed by atoms with van der Waals surface area (Å²) < 4.78 is 40.4. The molecular weight excluding hydrogens is 393 g/mol. The molecule has 0 bridgehead atoms. The van der Waals surface area contributed by atoms with Crippen LogP contribution in [0.1, 0.15) is 23.9 Å². The molecule has 0 aliphatic heterocycles. The molecule has 3 rings (SSSR count). The SMILES string of the molecule is CCc1ccc(-n2c(C)nnc2Sc2ccc(C(F)(F)F)cc2[N+](=O)[O-])cc1. The lowest BCUT2D eigenvalue weighted by Crippen LogP contribution is -2.06. The number of benzene rings is 2. The summed E-state index contributed by atoms with van der Waals surface area (Å²) in [6.07, 6.45) is -3.79. The number of hydrogen-bond donors (Lipinski definition) is 0. The molecule has 1 aromatic heterocycles. The second-order valence-electron chi connectivity index (χ2n) is 5.92. The molecule has 0 fully saturated rings. The molecule has 0 saturated heterocycles. The van der Waals surface area contributed by atoms with Crippen LogP contribution in [0, 0.1) is 17.0 Å². The van der Waals surface area contributed by atoms with E-state index in [1.165, 1.54) is 0 Å². The third kappa shape index (κ3) is 4.01. The molecule has 6 nitrogen and oxygen atoms in total. The van der Waals surface area contributed by atoms with E-state index in [0.29, 0.717) is 17.0 Å². The van der Waals surface area contributed by atoms with Crippen molar-refractivity contribution in [3.8, 4) is 5.69 Å². The molecule has 0 aliphatic carbocycles. The summed E-state index contributed by atoms with van der Waals surface area (Å²) >= 11 is 0.894. The molecule has 28 heavy (non-hydrogen) atoms. The van der Waals surface area contributed by atoms with Gasteiger partial charge in [0.15, 0.2) is 0 Å². The van der Waals surface area contributed by atoms with Crippen LogP contribution >= 0.6 is 11.8 Å². The van der Waals surface area contributed by atoms with Crippen molar-refractivity contribution in [2.75, 3.05) is 0 Å². The van der Waals surface area contributed by atoms with Gasteiger partial charge in [-0.05, 0) is 54.9 Å². The Hall–Kier alpha value is -2.88. The maximum atomic E-state index is 12.9. The van der Waals surface area contributed by atoms with Crippen LogP contribution in [-0.4, -0.2) is 19.7 Å². The summed E-state index contributed by atoms with van der Waals surface area (Å²) in [4.78, 5) is 10.5. The topological polar surface area (TPSA) is 73.8 Å². The summed E-state index contributed by atoms with van der Waals surface area (Å²) in [5, 5.41) is 19.7. The molecule has 3 aromatic rings. The Morgan fingerprint density at radius 2 is 1.82 bits per heavy atom. The summed E-state index contributed by atoms with van der Waals surface area (Å²) in [5.41, 5.74) is 0.198. The summed E-state index contributed by atoms with van der Waals surface area (Å²) in [5.74, 6) is 0.557. The van der Waals surface area contributed by atoms with Crippen molar-refractivity contribution >= 4 is 17.4 Å². The van der Waals surface area contributed by atoms with Crippen LogP contribution in [0.2, 0.25) is 0 Å². The van der Waals surface area contributed by atoms with Crippen molar-refractivity contribution < 1.29 is 18.1 Å². The number of rotatable bonds is 5. The Morgan fingerprint density at radius 3 is 2.39 bits per heavy atom. The van der Waals surface area contributed by atoms with E-state index in [1.807, 2.05) is 31.2 Å². The summed E-state index contributed by atoms with van der Waals surface area (Å²) in [7, 11) is 0. The fourth-order valence-electron chi connectivity index (χ4n) is 2.61. The molecule has 146 valence electrons. The monoisotopic (exact) mass is 408 g/mol. The van der Waals surface area contributed by atoms with Crippen LogP contribution in [0.15, 0.2) is 52.5 Å². The van der Waals surface area contributed by atoms with E-state index in [2.05, 4.69) is 10.2 Å². The zero-order chi connectivity index (χ0) is 20.5. The second-order valence-corrected chi connectivity index (χ2v) is 6.93. The average molecular weight is 408 g/mol. The van der Waals surface area contributed by atoms with E-state index < -0.39 is 22.4 Å². The Kier molecular flexibility index (Phi) is 5.41. The summed E-state index contributed by atoms with van der Waals surface area (Å²) in [6.45, 7) is 3.76.